The van der Waals surface area contributed by atoms with Crippen molar-refractivity contribution in [3.8, 4) is 5.75 Å². The summed E-state index contributed by atoms with van der Waals surface area (Å²) in [6.45, 7) is 0.772. The molecule has 138 valence electrons. The van der Waals surface area contributed by atoms with Crippen LogP contribution in [-0.4, -0.2) is 49.8 Å². The van der Waals surface area contributed by atoms with Crippen molar-refractivity contribution in [1.82, 2.24) is 4.90 Å². The van der Waals surface area contributed by atoms with E-state index < -0.39 is 12.0 Å². The molecule has 0 amide bonds. The molecular formula is C21H26N2O3. The van der Waals surface area contributed by atoms with E-state index in [1.54, 1.807) is 7.11 Å². The van der Waals surface area contributed by atoms with Crippen LogP contribution in [0.5, 0.6) is 5.75 Å². The molecule has 1 saturated heterocycles. The topological polar surface area (TPSA) is 53.0 Å². The maximum atomic E-state index is 11.8. The van der Waals surface area contributed by atoms with Crippen molar-refractivity contribution in [1.29, 1.82) is 0 Å². The average molecular weight is 354 g/mol. The molecule has 0 spiro atoms. The summed E-state index contributed by atoms with van der Waals surface area (Å²) in [6.07, 6.45) is 1.58. The van der Waals surface area contributed by atoms with Gasteiger partial charge in [-0.05, 0) is 48.2 Å². The van der Waals surface area contributed by atoms with E-state index in [0.717, 1.165) is 35.5 Å². The number of carboxylic acid groups (broad SMARTS) is 1. The number of methoxy groups -OCH3 is 1. The van der Waals surface area contributed by atoms with Crippen LogP contribution in [0.1, 0.15) is 30.0 Å². The number of nitrogens with zero attached hydrogens (tertiary/aromatic N) is 2. The second kappa shape index (κ2) is 7.79. The van der Waals surface area contributed by atoms with Crippen molar-refractivity contribution in [2.24, 2.45) is 0 Å². The van der Waals surface area contributed by atoms with Crippen molar-refractivity contribution in [2.75, 3.05) is 32.6 Å². The van der Waals surface area contributed by atoms with Crippen molar-refractivity contribution in [2.45, 2.75) is 24.9 Å². The smallest absolute Gasteiger partial charge is 0.320 e. The zero-order valence-electron chi connectivity index (χ0n) is 15.6. The largest absolute Gasteiger partial charge is 0.497 e. The molecule has 0 aliphatic carbocycles. The summed E-state index contributed by atoms with van der Waals surface area (Å²) < 4.78 is 5.39. The Bertz CT molecular complexity index is 758. The first-order valence-electron chi connectivity index (χ1n) is 8.91. The van der Waals surface area contributed by atoms with Crippen LogP contribution >= 0.6 is 0 Å². The predicted octanol–water partition coefficient (Wildman–Crippen LogP) is 3.40. The fourth-order valence-corrected chi connectivity index (χ4v) is 3.71. The third kappa shape index (κ3) is 3.68. The van der Waals surface area contributed by atoms with E-state index in [1.165, 1.54) is 0 Å². The van der Waals surface area contributed by atoms with E-state index >= 15 is 0 Å². The number of rotatable bonds is 6. The second-order valence-corrected chi connectivity index (χ2v) is 6.90. The standard InChI is InChI=1S/C21H26N2O3/c1-22(2)17-11-9-15(10-12-17)20(16-6-4-7-18(14-16)26-3)23-13-5-8-19(23)21(24)25/h4,6-7,9-12,14,19-20H,5,8,13H2,1-3H3,(H,24,25). The lowest BCUT2D eigenvalue weighted by Crippen LogP contribution is -2.39. The molecule has 1 aliphatic heterocycles. The first-order valence-corrected chi connectivity index (χ1v) is 8.91. The van der Waals surface area contributed by atoms with Crippen LogP contribution in [0.25, 0.3) is 0 Å². The Hall–Kier alpha value is -2.53. The van der Waals surface area contributed by atoms with Crippen molar-refractivity contribution < 1.29 is 14.6 Å². The quantitative estimate of drug-likeness (QED) is 0.862. The molecule has 2 unspecified atom stereocenters. The highest BCUT2D eigenvalue weighted by atomic mass is 16.5. The number of hydrogen-bond donors (Lipinski definition) is 1. The number of ether oxygens (including phenoxy) is 1. The van der Waals surface area contributed by atoms with Gasteiger partial charge in [-0.2, -0.15) is 0 Å². The summed E-state index contributed by atoms with van der Waals surface area (Å²) in [5, 5.41) is 9.67. The molecule has 0 saturated carbocycles. The maximum absolute atomic E-state index is 11.8. The molecule has 2 atom stereocenters. The van der Waals surface area contributed by atoms with Crippen LogP contribution in [0.3, 0.4) is 0 Å². The van der Waals surface area contributed by atoms with Gasteiger partial charge in [0.2, 0.25) is 0 Å². The number of carboxylic acids is 1. The highest BCUT2D eigenvalue weighted by Crippen LogP contribution is 2.36. The second-order valence-electron chi connectivity index (χ2n) is 6.90. The van der Waals surface area contributed by atoms with Gasteiger partial charge in [-0.3, -0.25) is 9.69 Å². The van der Waals surface area contributed by atoms with Crippen molar-refractivity contribution in [3.05, 3.63) is 59.7 Å². The Morgan fingerprint density at radius 3 is 2.54 bits per heavy atom. The van der Waals surface area contributed by atoms with E-state index in [0.29, 0.717) is 6.42 Å². The zero-order chi connectivity index (χ0) is 18.7. The third-order valence-corrected chi connectivity index (χ3v) is 5.05. The van der Waals surface area contributed by atoms with Crippen LogP contribution in [0.4, 0.5) is 5.69 Å². The van der Waals surface area contributed by atoms with Crippen LogP contribution in [0.2, 0.25) is 0 Å². The van der Waals surface area contributed by atoms with E-state index in [2.05, 4.69) is 34.1 Å². The molecule has 0 aromatic heterocycles. The van der Waals surface area contributed by atoms with Crippen molar-refractivity contribution >= 4 is 11.7 Å². The summed E-state index contributed by atoms with van der Waals surface area (Å²) in [6, 6.07) is 15.7. The lowest BCUT2D eigenvalue weighted by atomic mass is 9.95. The molecule has 1 aliphatic rings. The molecule has 3 rings (SSSR count). The predicted molar refractivity (Wildman–Crippen MR) is 103 cm³/mol. The number of benzene rings is 2. The van der Waals surface area contributed by atoms with Gasteiger partial charge < -0.3 is 14.7 Å². The summed E-state index contributed by atoms with van der Waals surface area (Å²) in [5.41, 5.74) is 3.27. The van der Waals surface area contributed by atoms with Gasteiger partial charge in [-0.1, -0.05) is 24.3 Å². The monoisotopic (exact) mass is 354 g/mol. The van der Waals surface area contributed by atoms with Gasteiger partial charge in [0.15, 0.2) is 0 Å². The maximum Gasteiger partial charge on any atom is 0.320 e. The molecule has 1 fully saturated rings. The Morgan fingerprint density at radius 1 is 1.19 bits per heavy atom. The van der Waals surface area contributed by atoms with Crippen LogP contribution in [-0.2, 0) is 4.79 Å². The minimum absolute atomic E-state index is 0.107. The van der Waals surface area contributed by atoms with E-state index in [1.807, 2.05) is 38.4 Å². The number of carbonyl (C=O) groups is 1. The lowest BCUT2D eigenvalue weighted by Gasteiger charge is -2.32. The summed E-state index contributed by atoms with van der Waals surface area (Å²) in [5.74, 6) is 0.0313. The highest BCUT2D eigenvalue weighted by molar-refractivity contribution is 5.74. The summed E-state index contributed by atoms with van der Waals surface area (Å²) in [4.78, 5) is 15.9. The van der Waals surface area contributed by atoms with Crippen molar-refractivity contribution in [3.63, 3.8) is 0 Å². The van der Waals surface area contributed by atoms with E-state index in [4.69, 9.17) is 4.74 Å². The summed E-state index contributed by atoms with van der Waals surface area (Å²) in [7, 11) is 5.67. The normalized spacial score (nSPS) is 18.5. The first-order chi connectivity index (χ1) is 12.5. The lowest BCUT2D eigenvalue weighted by molar-refractivity contribution is -0.142. The third-order valence-electron chi connectivity index (χ3n) is 5.05. The SMILES string of the molecule is COc1cccc(C(c2ccc(N(C)C)cc2)N2CCCC2C(=O)O)c1. The number of aliphatic carboxylic acids is 1. The Morgan fingerprint density at radius 2 is 1.92 bits per heavy atom. The molecule has 2 aromatic carbocycles. The Balaban J connectivity index is 2.04. The first kappa shape index (κ1) is 18.3. The van der Waals surface area contributed by atoms with Gasteiger partial charge in [0.1, 0.15) is 11.8 Å². The Kier molecular flexibility index (Phi) is 5.47. The molecule has 5 heteroatoms. The Labute approximate surface area is 154 Å². The van der Waals surface area contributed by atoms with Gasteiger partial charge in [-0.15, -0.1) is 0 Å². The van der Waals surface area contributed by atoms with Crippen LogP contribution in [0, 0.1) is 0 Å². The zero-order valence-corrected chi connectivity index (χ0v) is 15.6. The molecule has 1 N–H and O–H groups in total. The van der Waals surface area contributed by atoms with Crippen LogP contribution in [0.15, 0.2) is 48.5 Å². The molecule has 2 aromatic rings. The summed E-state index contributed by atoms with van der Waals surface area (Å²) >= 11 is 0. The highest BCUT2D eigenvalue weighted by Gasteiger charge is 2.36. The van der Waals surface area contributed by atoms with Gasteiger partial charge in [0, 0.05) is 26.3 Å². The fraction of sp³-hybridized carbons (Fsp3) is 0.381. The molecule has 1 heterocycles. The molecular weight excluding hydrogens is 328 g/mol. The van der Waals surface area contributed by atoms with Gasteiger partial charge in [0.05, 0.1) is 13.2 Å². The molecule has 0 bridgehead atoms. The molecule has 0 radical (unpaired) electrons. The van der Waals surface area contributed by atoms with Gasteiger partial charge in [0.25, 0.3) is 0 Å². The number of hydrogen-bond acceptors (Lipinski definition) is 4. The minimum atomic E-state index is -0.750. The fourth-order valence-electron chi connectivity index (χ4n) is 3.71. The average Bonchev–Trinajstić information content (AvgIpc) is 3.12. The molecule has 5 nitrogen and oxygen atoms in total. The van der Waals surface area contributed by atoms with Gasteiger partial charge >= 0.3 is 5.97 Å². The number of likely N-dealkylation sites (tertiary alicyclic amines) is 1. The van der Waals surface area contributed by atoms with E-state index in [9.17, 15) is 9.90 Å². The van der Waals surface area contributed by atoms with Gasteiger partial charge in [-0.25, -0.2) is 0 Å². The molecule has 26 heavy (non-hydrogen) atoms. The minimum Gasteiger partial charge on any atom is -0.497 e. The number of anilines is 1. The van der Waals surface area contributed by atoms with Crippen LogP contribution < -0.4 is 9.64 Å². The van der Waals surface area contributed by atoms with E-state index in [-0.39, 0.29) is 6.04 Å².